The van der Waals surface area contributed by atoms with Crippen molar-refractivity contribution in [3.05, 3.63) is 41.5 Å². The van der Waals surface area contributed by atoms with E-state index >= 15 is 0 Å². The predicted molar refractivity (Wildman–Crippen MR) is 100 cm³/mol. The number of nitrogens with two attached hydrogens (primary N) is 1. The number of aryl methyl sites for hydroxylation is 1. The molecule has 1 aromatic carbocycles. The van der Waals surface area contributed by atoms with Gasteiger partial charge in [0.1, 0.15) is 29.2 Å². The lowest BCUT2D eigenvalue weighted by molar-refractivity contribution is -0.141. The molecule has 1 aliphatic heterocycles. The Hall–Kier alpha value is -3.09. The van der Waals surface area contributed by atoms with Crippen molar-refractivity contribution < 1.29 is 34.6 Å². The number of aromatic carboxylic acids is 1. The lowest BCUT2D eigenvalue weighted by atomic mass is 9.82. The minimum Gasteiger partial charge on any atom is -0.507 e. The molecule has 0 saturated carbocycles. The van der Waals surface area contributed by atoms with Crippen LogP contribution in [-0.2, 0) is 11.2 Å². The number of ether oxygens (including phenoxy) is 1. The first-order valence-corrected chi connectivity index (χ1v) is 8.92. The summed E-state index contributed by atoms with van der Waals surface area (Å²) in [6, 6.07) is 1.97. The Labute approximate surface area is 165 Å². The summed E-state index contributed by atoms with van der Waals surface area (Å²) < 4.78 is 5.66. The molecular weight excluding hydrogens is 383 g/mol. The average molecular weight is 404 g/mol. The molecule has 29 heavy (non-hydrogen) atoms. The molecule has 2 aromatic rings. The normalized spacial score (nSPS) is 14.9. The fraction of sp³-hybridized carbons (Fsp3) is 0.353. The van der Waals surface area contributed by atoms with Gasteiger partial charge in [-0.3, -0.25) is 4.79 Å². The highest BCUT2D eigenvalue weighted by atomic mass is 16.5. The van der Waals surface area contributed by atoms with Crippen LogP contribution in [0.2, 0.25) is 6.32 Å². The topological polar surface area (TPSA) is 182 Å². The van der Waals surface area contributed by atoms with Crippen molar-refractivity contribution in [1.82, 2.24) is 14.9 Å². The maximum Gasteiger partial charge on any atom is 0.451 e. The number of hydrogen-bond acceptors (Lipinski definition) is 8. The Bertz CT molecular complexity index is 884. The van der Waals surface area contributed by atoms with Crippen molar-refractivity contribution in [2.45, 2.75) is 24.9 Å². The molecule has 1 amide bonds. The fourth-order valence-corrected chi connectivity index (χ4v) is 3.04. The van der Waals surface area contributed by atoms with Crippen LogP contribution < -0.4 is 10.5 Å². The van der Waals surface area contributed by atoms with E-state index in [9.17, 15) is 19.8 Å². The molecule has 7 N–H and O–H groups in total. The van der Waals surface area contributed by atoms with Crippen LogP contribution in [0.15, 0.2) is 24.7 Å². The monoisotopic (exact) mass is 404 g/mol. The number of phenols is 1. The third kappa shape index (κ3) is 4.50. The second-order valence-corrected chi connectivity index (χ2v) is 6.73. The number of benzene rings is 1. The molecule has 0 radical (unpaired) electrons. The number of carbonyl (C=O) groups is 2. The number of aromatic amines is 1. The molecular formula is C17H21BN4O7. The highest BCUT2D eigenvalue weighted by molar-refractivity contribution is 6.41. The molecule has 0 unspecified atom stereocenters. The summed E-state index contributed by atoms with van der Waals surface area (Å²) >= 11 is 0. The number of rotatable bonds is 8. The maximum atomic E-state index is 12.3. The number of nitrogens with one attached hydrogen (secondary N) is 1. The summed E-state index contributed by atoms with van der Waals surface area (Å²) in [5.41, 5.74) is 6.15. The first-order chi connectivity index (χ1) is 13.8. The lowest BCUT2D eigenvalue weighted by Gasteiger charge is -2.40. The Kier molecular flexibility index (Phi) is 6.06. The van der Waals surface area contributed by atoms with Gasteiger partial charge < -0.3 is 40.6 Å². The molecule has 3 rings (SSSR count). The Balaban J connectivity index is 1.64. The zero-order chi connectivity index (χ0) is 21.1. The first kappa shape index (κ1) is 20.6. The highest BCUT2D eigenvalue weighted by Gasteiger charge is 2.36. The number of hydrogen-bond donors (Lipinski definition) is 6. The van der Waals surface area contributed by atoms with Gasteiger partial charge in [-0.2, -0.15) is 0 Å². The maximum absolute atomic E-state index is 12.3. The van der Waals surface area contributed by atoms with Gasteiger partial charge >= 0.3 is 13.1 Å². The fourth-order valence-electron chi connectivity index (χ4n) is 3.04. The Morgan fingerprint density at radius 1 is 1.38 bits per heavy atom. The molecule has 1 fully saturated rings. The van der Waals surface area contributed by atoms with Crippen LogP contribution in [0.3, 0.4) is 0 Å². The van der Waals surface area contributed by atoms with E-state index in [0.29, 0.717) is 5.69 Å². The van der Waals surface area contributed by atoms with E-state index in [-0.39, 0.29) is 43.1 Å². The van der Waals surface area contributed by atoms with Crippen molar-refractivity contribution in [2.24, 2.45) is 5.73 Å². The van der Waals surface area contributed by atoms with E-state index in [2.05, 4.69) is 9.97 Å². The average Bonchev–Trinajstić information content (AvgIpc) is 3.16. The van der Waals surface area contributed by atoms with E-state index in [4.69, 9.17) is 20.5 Å². The number of amides is 1. The molecule has 1 aliphatic rings. The van der Waals surface area contributed by atoms with Gasteiger partial charge in [0, 0.05) is 6.20 Å². The summed E-state index contributed by atoms with van der Waals surface area (Å²) in [5.74, 6) is -2.21. The number of carboxylic acids is 1. The van der Waals surface area contributed by atoms with Crippen molar-refractivity contribution >= 4 is 19.0 Å². The van der Waals surface area contributed by atoms with Gasteiger partial charge in [0.15, 0.2) is 0 Å². The second-order valence-electron chi connectivity index (χ2n) is 6.73. The van der Waals surface area contributed by atoms with Gasteiger partial charge in [-0.05, 0) is 24.4 Å². The van der Waals surface area contributed by atoms with Crippen molar-refractivity contribution in [3.8, 4) is 11.5 Å². The van der Waals surface area contributed by atoms with Crippen LogP contribution in [0.4, 0.5) is 0 Å². The van der Waals surface area contributed by atoms with Crippen LogP contribution in [-0.4, -0.2) is 73.3 Å². The molecule has 12 heteroatoms. The van der Waals surface area contributed by atoms with Gasteiger partial charge in [0.25, 0.3) is 0 Å². The smallest absolute Gasteiger partial charge is 0.451 e. The molecule has 0 bridgehead atoms. The number of H-pyrrole nitrogens is 1. The molecule has 1 saturated heterocycles. The van der Waals surface area contributed by atoms with Gasteiger partial charge in [0.05, 0.1) is 25.1 Å². The number of likely N-dealkylation sites (tertiary alicyclic amines) is 1. The third-order valence-corrected chi connectivity index (χ3v) is 4.67. The van der Waals surface area contributed by atoms with Crippen molar-refractivity contribution in [2.75, 3.05) is 13.1 Å². The number of aromatic nitrogens is 2. The van der Waals surface area contributed by atoms with Gasteiger partial charge in [-0.25, -0.2) is 9.78 Å². The zero-order valence-corrected chi connectivity index (χ0v) is 15.4. The molecule has 154 valence electrons. The number of carboxylic acid groups (broad SMARTS) is 1. The molecule has 1 atom stereocenters. The van der Waals surface area contributed by atoms with Crippen LogP contribution in [0, 0.1) is 0 Å². The van der Waals surface area contributed by atoms with E-state index in [1.54, 1.807) is 0 Å². The second kappa shape index (κ2) is 8.51. The van der Waals surface area contributed by atoms with E-state index in [1.165, 1.54) is 29.6 Å². The minimum absolute atomic E-state index is 0.0306. The van der Waals surface area contributed by atoms with E-state index in [0.717, 1.165) is 0 Å². The summed E-state index contributed by atoms with van der Waals surface area (Å²) in [6.45, 7) is 0.435. The van der Waals surface area contributed by atoms with Gasteiger partial charge in [0.2, 0.25) is 5.91 Å². The summed E-state index contributed by atoms with van der Waals surface area (Å²) in [4.78, 5) is 32.1. The zero-order valence-electron chi connectivity index (χ0n) is 15.4. The number of imidazole rings is 1. The number of nitrogens with zero attached hydrogens (tertiary/aromatic N) is 2. The number of aromatic hydroxyl groups is 1. The predicted octanol–water partition coefficient (Wildman–Crippen LogP) is -0.882. The first-order valence-electron chi connectivity index (χ1n) is 8.92. The van der Waals surface area contributed by atoms with Crippen LogP contribution in [0.25, 0.3) is 0 Å². The summed E-state index contributed by atoms with van der Waals surface area (Å²) in [6.07, 6.45) is 2.54. The number of carbonyl (C=O) groups excluding carboxylic acids is 1. The van der Waals surface area contributed by atoms with E-state index in [1.807, 2.05) is 0 Å². The molecule has 1 aromatic heterocycles. The highest BCUT2D eigenvalue weighted by Crippen LogP contribution is 2.34. The van der Waals surface area contributed by atoms with E-state index < -0.39 is 36.5 Å². The van der Waals surface area contributed by atoms with Crippen molar-refractivity contribution in [1.29, 1.82) is 0 Å². The summed E-state index contributed by atoms with van der Waals surface area (Å²) in [5, 5.41) is 37.6. The Morgan fingerprint density at radius 2 is 2.10 bits per heavy atom. The van der Waals surface area contributed by atoms with Gasteiger partial charge in [-0.1, -0.05) is 6.07 Å². The van der Waals surface area contributed by atoms with Crippen LogP contribution >= 0.6 is 0 Å². The standard InChI is InChI=1S/C17H21BN4O7/c19-14(11-5-20-8-21-11)16(24)22-6-10(7-22)29-12-2-1-9(3-4-18(27)28)15(23)13(12)17(25)26/h1-2,5,8,10,14,23,27-28H,3-4,6-7,19H2,(H,20,21)(H,25,26)/t14-/m1/s1. The SMILES string of the molecule is N[C@@H](C(=O)N1CC(Oc2ccc(CCB(O)O)c(O)c2C(=O)O)C1)c1c[nH]cn1. The molecule has 0 aliphatic carbocycles. The lowest BCUT2D eigenvalue weighted by Crippen LogP contribution is -2.58. The van der Waals surface area contributed by atoms with Crippen LogP contribution in [0.5, 0.6) is 11.5 Å². The molecule has 11 nitrogen and oxygen atoms in total. The third-order valence-electron chi connectivity index (χ3n) is 4.67. The van der Waals surface area contributed by atoms with Crippen LogP contribution in [0.1, 0.15) is 27.7 Å². The quantitative estimate of drug-likeness (QED) is 0.304. The van der Waals surface area contributed by atoms with Crippen molar-refractivity contribution in [3.63, 3.8) is 0 Å². The molecule has 0 spiro atoms. The van der Waals surface area contributed by atoms with Gasteiger partial charge in [-0.15, -0.1) is 0 Å². The largest absolute Gasteiger partial charge is 0.507 e. The Morgan fingerprint density at radius 3 is 2.69 bits per heavy atom. The summed E-state index contributed by atoms with van der Waals surface area (Å²) in [7, 11) is -1.56. The molecule has 2 heterocycles. The minimum atomic E-state index is -1.56.